The monoisotopic (exact) mass is 527 g/mol. The first-order valence-electron chi connectivity index (χ1n) is 12.5. The van der Waals surface area contributed by atoms with Gasteiger partial charge >= 0.3 is 6.18 Å². The van der Waals surface area contributed by atoms with Crippen LogP contribution in [0.2, 0.25) is 5.02 Å². The van der Waals surface area contributed by atoms with Crippen LogP contribution in [0.5, 0.6) is 0 Å². The van der Waals surface area contributed by atoms with E-state index in [2.05, 4.69) is 29.0 Å². The summed E-state index contributed by atoms with van der Waals surface area (Å²) in [4.78, 5) is 19.9. The van der Waals surface area contributed by atoms with Crippen molar-refractivity contribution in [2.45, 2.75) is 57.4 Å². The molecule has 1 aliphatic carbocycles. The Bertz CT molecular complexity index is 1290. The van der Waals surface area contributed by atoms with E-state index in [0.717, 1.165) is 41.8 Å². The number of hydrogen-bond acceptors (Lipinski definition) is 3. The highest BCUT2D eigenvalue weighted by Crippen LogP contribution is 2.48. The van der Waals surface area contributed by atoms with E-state index >= 15 is 0 Å². The second kappa shape index (κ2) is 9.76. The lowest BCUT2D eigenvalue weighted by molar-refractivity contribution is -0.137. The molecule has 3 aromatic rings. The lowest BCUT2D eigenvalue weighted by Gasteiger charge is -2.27. The van der Waals surface area contributed by atoms with E-state index in [1.165, 1.54) is 17.7 Å². The molecule has 1 saturated carbocycles. The third-order valence-corrected chi connectivity index (χ3v) is 7.76. The van der Waals surface area contributed by atoms with Crippen molar-refractivity contribution in [3.63, 3.8) is 0 Å². The molecule has 194 valence electrons. The summed E-state index contributed by atoms with van der Waals surface area (Å²) in [6.07, 6.45) is -0.677. The highest BCUT2D eigenvalue weighted by atomic mass is 35.5. The third-order valence-electron chi connectivity index (χ3n) is 7.51. The molecule has 0 saturated heterocycles. The molecule has 1 aromatic heterocycles. The Morgan fingerprint density at radius 3 is 2.41 bits per heavy atom. The summed E-state index contributed by atoms with van der Waals surface area (Å²) in [6.45, 7) is 5.85. The fraction of sp³-hybridized carbons (Fsp3) is 0.379. The summed E-state index contributed by atoms with van der Waals surface area (Å²) in [5, 5.41) is 3.79. The van der Waals surface area contributed by atoms with Gasteiger partial charge in [-0.15, -0.1) is 0 Å². The lowest BCUT2D eigenvalue weighted by Crippen LogP contribution is -2.32. The molecule has 1 atom stereocenters. The van der Waals surface area contributed by atoms with Gasteiger partial charge < -0.3 is 5.32 Å². The van der Waals surface area contributed by atoms with Crippen LogP contribution in [-0.4, -0.2) is 22.3 Å². The van der Waals surface area contributed by atoms with Crippen molar-refractivity contribution in [1.82, 2.24) is 15.2 Å². The van der Waals surface area contributed by atoms with Gasteiger partial charge in [-0.25, -0.2) is 0 Å². The van der Waals surface area contributed by atoms with Gasteiger partial charge in [0.25, 0.3) is 5.91 Å². The number of benzene rings is 2. The first-order valence-corrected chi connectivity index (χ1v) is 12.9. The number of halogens is 4. The Hall–Kier alpha value is -2.90. The maximum atomic E-state index is 13.0. The minimum absolute atomic E-state index is 0.0223. The molecule has 0 spiro atoms. The molecule has 0 radical (unpaired) electrons. The highest BCUT2D eigenvalue weighted by Gasteiger charge is 2.44. The number of pyridine rings is 1. The maximum absolute atomic E-state index is 13.0. The molecular weight excluding hydrogens is 499 g/mol. The zero-order chi connectivity index (χ0) is 26.4. The highest BCUT2D eigenvalue weighted by molar-refractivity contribution is 6.30. The van der Waals surface area contributed by atoms with Crippen molar-refractivity contribution >= 4 is 17.5 Å². The molecule has 8 heteroatoms. The molecular formula is C29H29ClF3N3O. The predicted molar refractivity (Wildman–Crippen MR) is 137 cm³/mol. The molecule has 0 unspecified atom stereocenters. The number of carbonyl (C=O) groups is 1. The first-order chi connectivity index (χ1) is 17.6. The quantitative estimate of drug-likeness (QED) is 0.362. The Balaban J connectivity index is 1.28. The number of nitrogens with zero attached hydrogens (tertiary/aromatic N) is 2. The maximum Gasteiger partial charge on any atom is 0.416 e. The van der Waals surface area contributed by atoms with Crippen LogP contribution in [0.1, 0.15) is 71.0 Å². The van der Waals surface area contributed by atoms with E-state index < -0.39 is 11.7 Å². The van der Waals surface area contributed by atoms with Crippen LogP contribution in [-0.2, 0) is 24.7 Å². The lowest BCUT2D eigenvalue weighted by atomic mass is 9.96. The van der Waals surface area contributed by atoms with Crippen LogP contribution in [0.15, 0.2) is 60.8 Å². The molecule has 2 aliphatic rings. The zero-order valence-electron chi connectivity index (χ0n) is 20.8. The predicted octanol–water partition coefficient (Wildman–Crippen LogP) is 6.93. The largest absolute Gasteiger partial charge is 0.416 e. The standard InChI is InChI=1S/C29H29ClF3N3O/c1-18(2)26-25-21(16-36(26)15-19-3-5-23(6-4-19)29(31,32)33)13-20(14-34-25)27(37)35-17-28(11-12-28)22-7-9-24(30)10-8-22/h3-10,13-14,18,26H,11-12,15-17H2,1-2H3,(H,35,37)/t26-/m0/s1. The van der Waals surface area contributed by atoms with Crippen molar-refractivity contribution in [2.75, 3.05) is 6.54 Å². The van der Waals surface area contributed by atoms with E-state index in [1.807, 2.05) is 30.3 Å². The number of aromatic nitrogens is 1. The fourth-order valence-corrected chi connectivity index (χ4v) is 5.45. The van der Waals surface area contributed by atoms with Crippen LogP contribution in [0.25, 0.3) is 0 Å². The number of carbonyl (C=O) groups excluding carboxylic acids is 1. The van der Waals surface area contributed by atoms with Gasteiger partial charge in [0.05, 0.1) is 22.9 Å². The van der Waals surface area contributed by atoms with Gasteiger partial charge in [-0.3, -0.25) is 14.7 Å². The summed E-state index contributed by atoms with van der Waals surface area (Å²) in [5.41, 5.74) is 3.73. The molecule has 2 aromatic carbocycles. The minimum Gasteiger partial charge on any atom is -0.351 e. The number of hydrogen-bond donors (Lipinski definition) is 1. The van der Waals surface area contributed by atoms with Gasteiger partial charge in [0.1, 0.15) is 0 Å². The van der Waals surface area contributed by atoms with Crippen LogP contribution >= 0.6 is 11.6 Å². The van der Waals surface area contributed by atoms with Crippen molar-refractivity contribution in [3.8, 4) is 0 Å². The number of amides is 1. The van der Waals surface area contributed by atoms with E-state index in [9.17, 15) is 18.0 Å². The smallest absolute Gasteiger partial charge is 0.351 e. The Morgan fingerprint density at radius 2 is 1.81 bits per heavy atom. The topological polar surface area (TPSA) is 45.2 Å². The Morgan fingerprint density at radius 1 is 1.14 bits per heavy atom. The minimum atomic E-state index is -4.35. The fourth-order valence-electron chi connectivity index (χ4n) is 5.33. The summed E-state index contributed by atoms with van der Waals surface area (Å²) in [5.74, 6) is 0.0924. The zero-order valence-corrected chi connectivity index (χ0v) is 21.5. The summed E-state index contributed by atoms with van der Waals surface area (Å²) < 4.78 is 38.8. The average molecular weight is 528 g/mol. The molecule has 4 nitrogen and oxygen atoms in total. The van der Waals surface area contributed by atoms with Crippen LogP contribution in [0.3, 0.4) is 0 Å². The third kappa shape index (κ3) is 5.39. The second-order valence-corrected chi connectivity index (χ2v) is 11.0. The number of alkyl halides is 3. The van der Waals surface area contributed by atoms with Crippen LogP contribution in [0.4, 0.5) is 13.2 Å². The van der Waals surface area contributed by atoms with E-state index in [0.29, 0.717) is 30.2 Å². The summed E-state index contributed by atoms with van der Waals surface area (Å²) >= 11 is 6.02. The number of nitrogens with one attached hydrogen (secondary N) is 1. The summed E-state index contributed by atoms with van der Waals surface area (Å²) in [6, 6.07) is 15.0. The Kier molecular flexibility index (Phi) is 6.79. The van der Waals surface area contributed by atoms with Crippen molar-refractivity contribution in [1.29, 1.82) is 0 Å². The molecule has 37 heavy (non-hydrogen) atoms. The SMILES string of the molecule is CC(C)[C@H]1c2ncc(C(=O)NCC3(c4ccc(Cl)cc4)CC3)cc2CN1Cc1ccc(C(F)(F)F)cc1. The van der Waals surface area contributed by atoms with Crippen molar-refractivity contribution in [2.24, 2.45) is 5.92 Å². The van der Waals surface area contributed by atoms with Gasteiger partial charge in [0.2, 0.25) is 0 Å². The average Bonchev–Trinajstić information content (AvgIpc) is 3.56. The molecule has 0 bridgehead atoms. The van der Waals surface area contributed by atoms with Gasteiger partial charge in [-0.1, -0.05) is 49.7 Å². The van der Waals surface area contributed by atoms with Gasteiger partial charge in [-0.05, 0) is 65.8 Å². The van der Waals surface area contributed by atoms with Crippen molar-refractivity contribution < 1.29 is 18.0 Å². The van der Waals surface area contributed by atoms with E-state index in [4.69, 9.17) is 11.6 Å². The molecule has 2 heterocycles. The van der Waals surface area contributed by atoms with Gasteiger partial charge in [-0.2, -0.15) is 13.2 Å². The molecule has 1 fully saturated rings. The molecule has 5 rings (SSSR count). The Labute approximate surface area is 219 Å². The van der Waals surface area contributed by atoms with Gasteiger partial charge in [0.15, 0.2) is 0 Å². The van der Waals surface area contributed by atoms with Crippen LogP contribution in [0, 0.1) is 5.92 Å². The molecule has 1 N–H and O–H groups in total. The van der Waals surface area contributed by atoms with E-state index in [-0.39, 0.29) is 23.3 Å². The molecule has 1 aliphatic heterocycles. The summed E-state index contributed by atoms with van der Waals surface area (Å²) in [7, 11) is 0. The van der Waals surface area contributed by atoms with Crippen LogP contribution < -0.4 is 5.32 Å². The molecule has 1 amide bonds. The first kappa shape index (κ1) is 25.7. The van der Waals surface area contributed by atoms with E-state index in [1.54, 1.807) is 6.20 Å². The number of fused-ring (bicyclic) bond motifs is 1. The van der Waals surface area contributed by atoms with Gasteiger partial charge in [0, 0.05) is 36.3 Å². The normalized spacial score (nSPS) is 18.6. The van der Waals surface area contributed by atoms with Crippen molar-refractivity contribution in [3.05, 3.63) is 99.3 Å². The second-order valence-electron chi connectivity index (χ2n) is 10.5. The number of rotatable bonds is 7.